The van der Waals surface area contributed by atoms with Gasteiger partial charge in [0.05, 0.1) is 18.4 Å². The molecule has 3 N–H and O–H groups in total. The van der Waals surface area contributed by atoms with Gasteiger partial charge in [-0.25, -0.2) is 4.79 Å². The predicted molar refractivity (Wildman–Crippen MR) is 84.1 cm³/mol. The van der Waals surface area contributed by atoms with Crippen LogP contribution in [-0.2, 0) is 4.74 Å². The maximum absolute atomic E-state index is 12.1. The second-order valence-corrected chi connectivity index (χ2v) is 6.26. The van der Waals surface area contributed by atoms with E-state index in [1.54, 1.807) is 7.05 Å². The van der Waals surface area contributed by atoms with Crippen LogP contribution < -0.4 is 16.0 Å². The summed E-state index contributed by atoms with van der Waals surface area (Å²) in [6.45, 7) is 3.96. The van der Waals surface area contributed by atoms with Crippen LogP contribution in [0.2, 0.25) is 0 Å². The summed E-state index contributed by atoms with van der Waals surface area (Å²) in [4.78, 5) is 26.4. The minimum Gasteiger partial charge on any atom is -0.465 e. The number of amides is 1. The number of hydrogen-bond acceptors (Lipinski definition) is 6. The number of carbonyl (C=O) groups excluding carboxylic acids is 2. The Balaban J connectivity index is 2.43. The van der Waals surface area contributed by atoms with Crippen LogP contribution >= 0.6 is 11.3 Å². The fourth-order valence-corrected chi connectivity index (χ4v) is 3.64. The molecule has 2 heterocycles. The van der Waals surface area contributed by atoms with Gasteiger partial charge in [-0.05, 0) is 18.8 Å². The number of nitrogens with zero attached hydrogens (tertiary/aromatic N) is 1. The molecule has 1 aliphatic heterocycles. The van der Waals surface area contributed by atoms with Crippen LogP contribution in [0, 0.1) is 5.92 Å². The van der Waals surface area contributed by atoms with Gasteiger partial charge in [0.15, 0.2) is 0 Å². The highest BCUT2D eigenvalue weighted by Crippen LogP contribution is 2.40. The number of anilines is 2. The number of methoxy groups -OCH3 is 1. The summed E-state index contributed by atoms with van der Waals surface area (Å²) in [6.07, 6.45) is 2.14. The van der Waals surface area contributed by atoms with Crippen molar-refractivity contribution < 1.29 is 14.3 Å². The first kappa shape index (κ1) is 15.6. The zero-order valence-corrected chi connectivity index (χ0v) is 13.4. The van der Waals surface area contributed by atoms with Crippen LogP contribution in [0.15, 0.2) is 0 Å². The van der Waals surface area contributed by atoms with E-state index in [0.29, 0.717) is 16.4 Å². The van der Waals surface area contributed by atoms with Gasteiger partial charge in [-0.1, -0.05) is 6.92 Å². The van der Waals surface area contributed by atoms with Crippen LogP contribution in [0.25, 0.3) is 0 Å². The Labute approximate surface area is 128 Å². The SMILES string of the molecule is CNC(=O)c1c(N2CCC(C)CC2)sc(C(=O)OC)c1N. The number of nitrogens with one attached hydrogen (secondary N) is 1. The van der Waals surface area contributed by atoms with Crippen molar-refractivity contribution in [3.63, 3.8) is 0 Å². The van der Waals surface area contributed by atoms with Gasteiger partial charge in [0.25, 0.3) is 5.91 Å². The van der Waals surface area contributed by atoms with E-state index in [0.717, 1.165) is 30.9 Å². The lowest BCUT2D eigenvalue weighted by molar-refractivity contribution is 0.0607. The van der Waals surface area contributed by atoms with E-state index >= 15 is 0 Å². The third-order valence-electron chi connectivity index (χ3n) is 3.82. The zero-order valence-electron chi connectivity index (χ0n) is 12.6. The highest BCUT2D eigenvalue weighted by molar-refractivity contribution is 7.19. The minimum absolute atomic E-state index is 0.208. The first-order chi connectivity index (χ1) is 9.99. The van der Waals surface area contributed by atoms with E-state index < -0.39 is 5.97 Å². The number of ether oxygens (including phenoxy) is 1. The number of nitrogen functional groups attached to an aromatic ring is 1. The molecule has 7 heteroatoms. The highest BCUT2D eigenvalue weighted by atomic mass is 32.1. The molecule has 0 aliphatic carbocycles. The van der Waals surface area contributed by atoms with Crippen molar-refractivity contribution in [3.05, 3.63) is 10.4 Å². The van der Waals surface area contributed by atoms with Gasteiger partial charge in [0, 0.05) is 20.1 Å². The standard InChI is InChI=1S/C14H21N3O3S/c1-8-4-6-17(7-5-8)13-9(12(18)16-2)10(15)11(21-13)14(19)20-3/h8H,4-7,15H2,1-3H3,(H,16,18). The molecule has 0 bridgehead atoms. The Kier molecular flexibility index (Phi) is 4.72. The van der Waals surface area contributed by atoms with Gasteiger partial charge in [0.2, 0.25) is 0 Å². The van der Waals surface area contributed by atoms with E-state index in [9.17, 15) is 9.59 Å². The molecule has 1 aromatic heterocycles. The third-order valence-corrected chi connectivity index (χ3v) is 5.07. The molecule has 1 saturated heterocycles. The molecule has 1 aromatic rings. The number of hydrogen-bond donors (Lipinski definition) is 2. The number of carbonyl (C=O) groups is 2. The van der Waals surface area contributed by atoms with E-state index in [4.69, 9.17) is 10.5 Å². The van der Waals surface area contributed by atoms with Gasteiger partial charge in [-0.2, -0.15) is 0 Å². The van der Waals surface area contributed by atoms with E-state index in [1.807, 2.05) is 0 Å². The van der Waals surface area contributed by atoms with Crippen LogP contribution in [0.3, 0.4) is 0 Å². The second kappa shape index (κ2) is 6.34. The van der Waals surface area contributed by atoms with Crippen molar-refractivity contribution in [3.8, 4) is 0 Å². The second-order valence-electron chi connectivity index (χ2n) is 5.27. The Hall–Kier alpha value is -1.76. The smallest absolute Gasteiger partial charge is 0.350 e. The number of rotatable bonds is 3. The lowest BCUT2D eigenvalue weighted by atomic mass is 9.99. The number of thiophene rings is 1. The Morgan fingerprint density at radius 3 is 2.52 bits per heavy atom. The van der Waals surface area contributed by atoms with Crippen molar-refractivity contribution in [1.29, 1.82) is 0 Å². The normalized spacial score (nSPS) is 15.9. The van der Waals surface area contributed by atoms with Crippen molar-refractivity contribution in [2.24, 2.45) is 5.92 Å². The Morgan fingerprint density at radius 1 is 1.38 bits per heavy atom. The average molecular weight is 311 g/mol. The number of esters is 1. The van der Waals surface area contributed by atoms with Gasteiger partial charge < -0.3 is 20.7 Å². The highest BCUT2D eigenvalue weighted by Gasteiger charge is 2.29. The molecular formula is C14H21N3O3S. The topological polar surface area (TPSA) is 84.7 Å². The van der Waals surface area contributed by atoms with E-state index in [2.05, 4.69) is 17.1 Å². The number of nitrogens with two attached hydrogens (primary N) is 1. The average Bonchev–Trinajstić information content (AvgIpc) is 2.84. The molecule has 2 rings (SSSR count). The molecule has 1 fully saturated rings. The summed E-state index contributed by atoms with van der Waals surface area (Å²) in [5, 5.41) is 3.35. The van der Waals surface area contributed by atoms with Gasteiger partial charge in [0.1, 0.15) is 9.88 Å². The molecule has 0 aromatic carbocycles. The maximum Gasteiger partial charge on any atom is 0.350 e. The molecular weight excluding hydrogens is 290 g/mol. The minimum atomic E-state index is -0.501. The molecule has 0 saturated carbocycles. The molecule has 1 aliphatic rings. The van der Waals surface area contributed by atoms with Crippen LogP contribution in [0.5, 0.6) is 0 Å². The molecule has 6 nitrogen and oxygen atoms in total. The molecule has 1 amide bonds. The molecule has 0 unspecified atom stereocenters. The largest absolute Gasteiger partial charge is 0.465 e. The van der Waals surface area contributed by atoms with Crippen LogP contribution in [0.4, 0.5) is 10.7 Å². The summed E-state index contributed by atoms with van der Waals surface area (Å²) in [5.41, 5.74) is 6.61. The summed E-state index contributed by atoms with van der Waals surface area (Å²) >= 11 is 1.24. The molecule has 0 spiro atoms. The lowest BCUT2D eigenvalue weighted by Gasteiger charge is -2.31. The quantitative estimate of drug-likeness (QED) is 0.830. The fourth-order valence-electron chi connectivity index (χ4n) is 2.45. The van der Waals surface area contributed by atoms with Gasteiger partial charge in [-0.15, -0.1) is 11.3 Å². The first-order valence-electron chi connectivity index (χ1n) is 6.97. The van der Waals surface area contributed by atoms with Crippen LogP contribution in [-0.4, -0.2) is 39.1 Å². The molecule has 116 valence electrons. The van der Waals surface area contributed by atoms with Gasteiger partial charge in [-0.3, -0.25) is 4.79 Å². The molecule has 0 atom stereocenters. The fraction of sp³-hybridized carbons (Fsp3) is 0.571. The van der Waals surface area contributed by atoms with Crippen molar-refractivity contribution in [2.75, 3.05) is 37.9 Å². The monoisotopic (exact) mass is 311 g/mol. The summed E-state index contributed by atoms with van der Waals surface area (Å²) in [7, 11) is 2.86. The van der Waals surface area contributed by atoms with E-state index in [1.165, 1.54) is 18.4 Å². The van der Waals surface area contributed by atoms with Crippen molar-refractivity contribution in [1.82, 2.24) is 5.32 Å². The maximum atomic E-state index is 12.1. The van der Waals surface area contributed by atoms with Crippen LogP contribution in [0.1, 0.15) is 39.8 Å². The Morgan fingerprint density at radius 2 is 2.00 bits per heavy atom. The number of piperidine rings is 1. The van der Waals surface area contributed by atoms with Crippen molar-refractivity contribution >= 4 is 33.9 Å². The molecule has 21 heavy (non-hydrogen) atoms. The first-order valence-corrected chi connectivity index (χ1v) is 7.78. The molecule has 0 radical (unpaired) electrons. The third kappa shape index (κ3) is 2.97. The van der Waals surface area contributed by atoms with Crippen molar-refractivity contribution in [2.45, 2.75) is 19.8 Å². The predicted octanol–water partition coefficient (Wildman–Crippen LogP) is 1.71. The lowest BCUT2D eigenvalue weighted by Crippen LogP contribution is -2.34. The van der Waals surface area contributed by atoms with Gasteiger partial charge >= 0.3 is 5.97 Å². The van der Waals surface area contributed by atoms with E-state index in [-0.39, 0.29) is 11.6 Å². The summed E-state index contributed by atoms with van der Waals surface area (Å²) in [6, 6.07) is 0. The summed E-state index contributed by atoms with van der Waals surface area (Å²) in [5.74, 6) is -0.0890. The Bertz CT molecular complexity index is 548. The summed E-state index contributed by atoms with van der Waals surface area (Å²) < 4.78 is 4.74. The zero-order chi connectivity index (χ0) is 15.6.